The lowest BCUT2D eigenvalue weighted by atomic mass is 10.2. The van der Waals surface area contributed by atoms with Gasteiger partial charge in [0.1, 0.15) is 0 Å². The Morgan fingerprint density at radius 1 is 0.824 bits per heavy atom. The van der Waals surface area contributed by atoms with Crippen LogP contribution in [0.4, 0.5) is 17.1 Å². The van der Waals surface area contributed by atoms with Gasteiger partial charge in [0.05, 0.1) is 11.4 Å². The van der Waals surface area contributed by atoms with Gasteiger partial charge in [-0.15, -0.1) is 0 Å². The highest BCUT2D eigenvalue weighted by Crippen LogP contribution is 2.22. The van der Waals surface area contributed by atoms with Crippen molar-refractivity contribution in [2.75, 3.05) is 5.73 Å². The summed E-state index contributed by atoms with van der Waals surface area (Å²) in [4.78, 5) is 0. The molecule has 86 valence electrons. The van der Waals surface area contributed by atoms with E-state index >= 15 is 0 Å². The van der Waals surface area contributed by atoms with Crippen LogP contribution in [-0.4, -0.2) is 0 Å². The summed E-state index contributed by atoms with van der Waals surface area (Å²) in [6, 6.07) is 13.6. The minimum Gasteiger partial charge on any atom is -0.398 e. The second kappa shape index (κ2) is 4.78. The van der Waals surface area contributed by atoms with E-state index in [1.807, 2.05) is 56.3 Å². The molecule has 3 heteroatoms. The summed E-state index contributed by atoms with van der Waals surface area (Å²) in [5.74, 6) is 0. The second-order valence-corrected chi connectivity index (χ2v) is 4.08. The predicted octanol–water partition coefficient (Wildman–Crippen LogP) is 4.30. The fourth-order valence-electron chi connectivity index (χ4n) is 1.42. The summed E-state index contributed by atoms with van der Waals surface area (Å²) in [5.41, 5.74) is 10.4. The van der Waals surface area contributed by atoms with E-state index in [-0.39, 0.29) is 0 Å². The zero-order chi connectivity index (χ0) is 12.3. The third-order valence-corrected chi connectivity index (χ3v) is 2.58. The smallest absolute Gasteiger partial charge is 0.0877 e. The van der Waals surface area contributed by atoms with Gasteiger partial charge >= 0.3 is 0 Å². The minimum absolute atomic E-state index is 0.741. The molecule has 0 saturated carbocycles. The third-order valence-electron chi connectivity index (χ3n) is 2.58. The van der Waals surface area contributed by atoms with E-state index in [1.165, 1.54) is 5.56 Å². The summed E-state index contributed by atoms with van der Waals surface area (Å²) in [7, 11) is 0. The molecule has 0 bridgehead atoms. The van der Waals surface area contributed by atoms with Crippen molar-refractivity contribution in [2.45, 2.75) is 13.8 Å². The Labute approximate surface area is 101 Å². The van der Waals surface area contributed by atoms with Crippen molar-refractivity contribution in [3.8, 4) is 0 Å². The Hall–Kier alpha value is -2.16. The van der Waals surface area contributed by atoms with E-state index in [0.29, 0.717) is 0 Å². The van der Waals surface area contributed by atoms with Crippen molar-refractivity contribution in [2.24, 2.45) is 10.2 Å². The standard InChI is InChI=1S/C14H15N3/c1-10-3-6-12(7-4-10)16-17-13-8-5-11(2)14(15)9-13/h3-9H,15H2,1-2H3/b17-16+. The molecule has 0 heterocycles. The molecule has 0 radical (unpaired) electrons. The number of nitrogens with two attached hydrogens (primary N) is 1. The van der Waals surface area contributed by atoms with Gasteiger partial charge in [-0.2, -0.15) is 10.2 Å². The van der Waals surface area contributed by atoms with Crippen molar-refractivity contribution < 1.29 is 0 Å². The topological polar surface area (TPSA) is 50.7 Å². The summed E-state index contributed by atoms with van der Waals surface area (Å²) in [5, 5.41) is 8.31. The number of nitrogen functional groups attached to an aromatic ring is 1. The summed E-state index contributed by atoms with van der Waals surface area (Å²) >= 11 is 0. The Bertz CT molecular complexity index is 542. The predicted molar refractivity (Wildman–Crippen MR) is 70.9 cm³/mol. The van der Waals surface area contributed by atoms with Crippen molar-refractivity contribution in [1.82, 2.24) is 0 Å². The number of aryl methyl sites for hydroxylation is 2. The average Bonchev–Trinajstić information content (AvgIpc) is 2.33. The maximum atomic E-state index is 5.81. The van der Waals surface area contributed by atoms with E-state index < -0.39 is 0 Å². The van der Waals surface area contributed by atoms with Gasteiger partial charge in [-0.05, 0) is 43.7 Å². The number of anilines is 1. The van der Waals surface area contributed by atoms with Gasteiger partial charge in [0.2, 0.25) is 0 Å². The van der Waals surface area contributed by atoms with E-state index in [9.17, 15) is 0 Å². The number of rotatable bonds is 2. The molecule has 2 aromatic carbocycles. The number of hydrogen-bond acceptors (Lipinski definition) is 3. The van der Waals surface area contributed by atoms with Crippen molar-refractivity contribution >= 4 is 17.1 Å². The molecule has 2 aromatic rings. The van der Waals surface area contributed by atoms with E-state index in [4.69, 9.17) is 5.73 Å². The molecule has 0 aliphatic rings. The normalized spacial score (nSPS) is 10.9. The molecule has 17 heavy (non-hydrogen) atoms. The maximum Gasteiger partial charge on any atom is 0.0877 e. The molecule has 0 aliphatic heterocycles. The lowest BCUT2D eigenvalue weighted by molar-refractivity contribution is 1.22. The molecule has 2 rings (SSSR count). The van der Waals surface area contributed by atoms with Crippen LogP contribution >= 0.6 is 0 Å². The zero-order valence-electron chi connectivity index (χ0n) is 10.0. The fraction of sp³-hybridized carbons (Fsp3) is 0.143. The maximum absolute atomic E-state index is 5.81. The molecular formula is C14H15N3. The first-order valence-electron chi connectivity index (χ1n) is 5.50. The second-order valence-electron chi connectivity index (χ2n) is 4.08. The van der Waals surface area contributed by atoms with Crippen LogP contribution in [0.5, 0.6) is 0 Å². The number of benzene rings is 2. The molecular weight excluding hydrogens is 210 g/mol. The first kappa shape index (κ1) is 11.3. The summed E-state index contributed by atoms with van der Waals surface area (Å²) in [6.07, 6.45) is 0. The quantitative estimate of drug-likeness (QED) is 0.601. The van der Waals surface area contributed by atoms with Crippen molar-refractivity contribution in [1.29, 1.82) is 0 Å². The number of hydrogen-bond donors (Lipinski definition) is 1. The van der Waals surface area contributed by atoms with Gasteiger partial charge in [-0.25, -0.2) is 0 Å². The average molecular weight is 225 g/mol. The highest BCUT2D eigenvalue weighted by Gasteiger charge is 1.95. The lowest BCUT2D eigenvalue weighted by Crippen LogP contribution is -1.87. The van der Waals surface area contributed by atoms with Gasteiger partial charge < -0.3 is 5.73 Å². The lowest BCUT2D eigenvalue weighted by Gasteiger charge is -1.99. The monoisotopic (exact) mass is 225 g/mol. The SMILES string of the molecule is Cc1ccc(/N=N/c2ccc(C)c(N)c2)cc1. The Morgan fingerprint density at radius 2 is 1.41 bits per heavy atom. The minimum atomic E-state index is 0.741. The fourth-order valence-corrected chi connectivity index (χ4v) is 1.42. The van der Waals surface area contributed by atoms with Gasteiger partial charge in [0.15, 0.2) is 0 Å². The van der Waals surface area contributed by atoms with Crippen LogP contribution in [0.25, 0.3) is 0 Å². The molecule has 2 N–H and O–H groups in total. The molecule has 0 unspecified atom stereocenters. The summed E-state index contributed by atoms with van der Waals surface area (Å²) < 4.78 is 0. The van der Waals surface area contributed by atoms with Gasteiger partial charge in [-0.1, -0.05) is 23.8 Å². The Balaban J connectivity index is 2.20. The van der Waals surface area contributed by atoms with Gasteiger partial charge in [-0.3, -0.25) is 0 Å². The molecule has 3 nitrogen and oxygen atoms in total. The van der Waals surface area contributed by atoms with Crippen molar-refractivity contribution in [3.63, 3.8) is 0 Å². The van der Waals surface area contributed by atoms with Gasteiger partial charge in [0.25, 0.3) is 0 Å². The first-order chi connectivity index (χ1) is 8.15. The van der Waals surface area contributed by atoms with Crippen LogP contribution < -0.4 is 5.73 Å². The van der Waals surface area contributed by atoms with E-state index in [2.05, 4.69) is 10.2 Å². The van der Waals surface area contributed by atoms with Crippen LogP contribution in [0, 0.1) is 13.8 Å². The van der Waals surface area contributed by atoms with Crippen molar-refractivity contribution in [3.05, 3.63) is 53.6 Å². The Kier molecular flexibility index (Phi) is 3.19. The molecule has 0 aromatic heterocycles. The van der Waals surface area contributed by atoms with Crippen LogP contribution in [0.15, 0.2) is 52.7 Å². The van der Waals surface area contributed by atoms with Crippen LogP contribution in [-0.2, 0) is 0 Å². The zero-order valence-corrected chi connectivity index (χ0v) is 10.0. The summed E-state index contributed by atoms with van der Waals surface area (Å²) in [6.45, 7) is 4.01. The van der Waals surface area contributed by atoms with E-state index in [1.54, 1.807) is 0 Å². The molecule has 0 fully saturated rings. The number of nitrogens with zero attached hydrogens (tertiary/aromatic N) is 2. The number of azo groups is 1. The van der Waals surface area contributed by atoms with Crippen LogP contribution in [0.1, 0.15) is 11.1 Å². The van der Waals surface area contributed by atoms with Crippen LogP contribution in [0.3, 0.4) is 0 Å². The molecule has 0 spiro atoms. The van der Waals surface area contributed by atoms with Gasteiger partial charge in [0, 0.05) is 5.69 Å². The molecule has 0 saturated heterocycles. The van der Waals surface area contributed by atoms with E-state index in [0.717, 1.165) is 22.6 Å². The molecule has 0 amide bonds. The molecule has 0 aliphatic carbocycles. The third kappa shape index (κ3) is 2.91. The Morgan fingerprint density at radius 3 is 2.06 bits per heavy atom. The first-order valence-corrected chi connectivity index (χ1v) is 5.50. The van der Waals surface area contributed by atoms with Crippen LogP contribution in [0.2, 0.25) is 0 Å². The highest BCUT2D eigenvalue weighted by atomic mass is 15.1. The molecule has 0 atom stereocenters. The highest BCUT2D eigenvalue weighted by molar-refractivity contribution is 5.55. The largest absolute Gasteiger partial charge is 0.398 e.